The fourth-order valence-corrected chi connectivity index (χ4v) is 1.81. The van der Waals surface area contributed by atoms with Gasteiger partial charge in [0, 0.05) is 11.0 Å². The maximum absolute atomic E-state index is 11.7. The fourth-order valence-electron chi connectivity index (χ4n) is 1.43. The number of hydrogen-bond donors (Lipinski definition) is 3. The molecule has 0 unspecified atom stereocenters. The quantitative estimate of drug-likeness (QED) is 0.707. The number of halogens is 1. The lowest BCUT2D eigenvalue weighted by Gasteiger charge is -2.09. The summed E-state index contributed by atoms with van der Waals surface area (Å²) in [4.78, 5) is 23.1. The number of hydrogen-bond acceptors (Lipinski definition) is 3. The van der Waals surface area contributed by atoms with Crippen LogP contribution in [0.1, 0.15) is 13.8 Å². The first-order valence-corrected chi connectivity index (χ1v) is 7.30. The lowest BCUT2D eigenvalue weighted by Crippen LogP contribution is -2.38. The lowest BCUT2D eigenvalue weighted by atomic mass is 10.2. The van der Waals surface area contributed by atoms with Crippen LogP contribution < -0.4 is 16.0 Å². The SMILES string of the molecule is CC(C)CNC(=O)CNCC(=O)Nc1ccccc1Br. The van der Waals surface area contributed by atoms with Gasteiger partial charge in [0.1, 0.15) is 0 Å². The van der Waals surface area contributed by atoms with Gasteiger partial charge in [-0.15, -0.1) is 0 Å². The van der Waals surface area contributed by atoms with E-state index < -0.39 is 0 Å². The van der Waals surface area contributed by atoms with Crippen LogP contribution >= 0.6 is 15.9 Å². The molecular weight excluding hydrogens is 322 g/mol. The third kappa shape index (κ3) is 6.68. The average Bonchev–Trinajstić information content (AvgIpc) is 2.39. The highest BCUT2D eigenvalue weighted by atomic mass is 79.9. The molecule has 0 heterocycles. The third-order valence-electron chi connectivity index (χ3n) is 2.43. The highest BCUT2D eigenvalue weighted by Crippen LogP contribution is 2.20. The van der Waals surface area contributed by atoms with Gasteiger partial charge in [-0.05, 0) is 34.0 Å². The summed E-state index contributed by atoms with van der Waals surface area (Å²) in [6, 6.07) is 7.37. The minimum atomic E-state index is -0.187. The number of benzene rings is 1. The molecule has 0 aromatic heterocycles. The Labute approximate surface area is 127 Å². The van der Waals surface area contributed by atoms with Gasteiger partial charge in [0.05, 0.1) is 18.8 Å². The van der Waals surface area contributed by atoms with Crippen molar-refractivity contribution in [2.45, 2.75) is 13.8 Å². The van der Waals surface area contributed by atoms with Crippen LogP contribution in [0, 0.1) is 5.92 Å². The van der Waals surface area contributed by atoms with Crippen molar-refractivity contribution in [3.05, 3.63) is 28.7 Å². The zero-order chi connectivity index (χ0) is 15.0. The standard InChI is InChI=1S/C14H20BrN3O2/c1-10(2)7-17-13(19)8-16-9-14(20)18-12-6-4-3-5-11(12)15/h3-6,10,16H,7-9H2,1-2H3,(H,17,19)(H,18,20). The summed E-state index contributed by atoms with van der Waals surface area (Å²) in [5.41, 5.74) is 0.712. The Morgan fingerprint density at radius 3 is 2.45 bits per heavy atom. The summed E-state index contributed by atoms with van der Waals surface area (Å²) in [5.74, 6) is 0.124. The first-order chi connectivity index (χ1) is 9.49. The van der Waals surface area contributed by atoms with Gasteiger partial charge in [-0.2, -0.15) is 0 Å². The number of amides is 2. The van der Waals surface area contributed by atoms with E-state index in [1.807, 2.05) is 32.0 Å². The van der Waals surface area contributed by atoms with Crippen LogP contribution in [0.2, 0.25) is 0 Å². The first-order valence-electron chi connectivity index (χ1n) is 6.51. The van der Waals surface area contributed by atoms with Gasteiger partial charge < -0.3 is 10.6 Å². The molecule has 0 aliphatic carbocycles. The molecule has 0 bridgehead atoms. The number of para-hydroxylation sites is 1. The number of rotatable bonds is 7. The molecule has 0 fully saturated rings. The molecule has 0 atom stereocenters. The zero-order valence-corrected chi connectivity index (χ0v) is 13.3. The minimum Gasteiger partial charge on any atom is -0.355 e. The van der Waals surface area contributed by atoms with Gasteiger partial charge in [0.15, 0.2) is 0 Å². The van der Waals surface area contributed by atoms with Crippen molar-refractivity contribution >= 4 is 33.4 Å². The van der Waals surface area contributed by atoms with Gasteiger partial charge in [-0.25, -0.2) is 0 Å². The van der Waals surface area contributed by atoms with Crippen LogP contribution in [0.4, 0.5) is 5.69 Å². The number of carbonyl (C=O) groups excluding carboxylic acids is 2. The van der Waals surface area contributed by atoms with Crippen molar-refractivity contribution < 1.29 is 9.59 Å². The molecule has 110 valence electrons. The first kappa shape index (κ1) is 16.7. The van der Waals surface area contributed by atoms with Crippen LogP contribution in [-0.2, 0) is 9.59 Å². The van der Waals surface area contributed by atoms with Crippen molar-refractivity contribution in [2.75, 3.05) is 25.0 Å². The Hall–Kier alpha value is -1.40. The summed E-state index contributed by atoms with van der Waals surface area (Å²) in [6.07, 6.45) is 0. The van der Waals surface area contributed by atoms with Crippen LogP contribution in [0.5, 0.6) is 0 Å². The van der Waals surface area contributed by atoms with Gasteiger partial charge in [-0.3, -0.25) is 14.9 Å². The molecule has 6 heteroatoms. The molecule has 0 spiro atoms. The summed E-state index contributed by atoms with van der Waals surface area (Å²) >= 11 is 3.35. The normalized spacial score (nSPS) is 10.4. The van der Waals surface area contributed by atoms with Gasteiger partial charge in [0.25, 0.3) is 0 Å². The maximum Gasteiger partial charge on any atom is 0.238 e. The molecule has 2 amide bonds. The Kier molecular flexibility index (Phi) is 7.25. The third-order valence-corrected chi connectivity index (χ3v) is 3.12. The molecule has 0 saturated heterocycles. The number of nitrogens with one attached hydrogen (secondary N) is 3. The second-order valence-corrected chi connectivity index (χ2v) is 5.68. The van der Waals surface area contributed by atoms with E-state index in [9.17, 15) is 9.59 Å². The zero-order valence-electron chi connectivity index (χ0n) is 11.7. The molecule has 1 rings (SSSR count). The van der Waals surface area contributed by atoms with E-state index in [1.165, 1.54) is 0 Å². The van der Waals surface area contributed by atoms with Gasteiger partial charge in [-0.1, -0.05) is 26.0 Å². The predicted molar refractivity (Wildman–Crippen MR) is 83.5 cm³/mol. The Bertz CT molecular complexity index is 463. The van der Waals surface area contributed by atoms with E-state index in [4.69, 9.17) is 0 Å². The molecule has 0 aliphatic heterocycles. The predicted octanol–water partition coefficient (Wildman–Crippen LogP) is 1.75. The molecule has 20 heavy (non-hydrogen) atoms. The van der Waals surface area contributed by atoms with Crippen LogP contribution in [0.3, 0.4) is 0 Å². The summed E-state index contributed by atoms with van der Waals surface area (Å²) in [6.45, 7) is 4.92. The second-order valence-electron chi connectivity index (χ2n) is 4.83. The van der Waals surface area contributed by atoms with Gasteiger partial charge >= 0.3 is 0 Å². The van der Waals surface area contributed by atoms with E-state index in [1.54, 1.807) is 6.07 Å². The van der Waals surface area contributed by atoms with Crippen LogP contribution in [-0.4, -0.2) is 31.4 Å². The molecule has 3 N–H and O–H groups in total. The maximum atomic E-state index is 11.7. The summed E-state index contributed by atoms with van der Waals surface area (Å²) in [7, 11) is 0. The van der Waals surface area contributed by atoms with Crippen LogP contribution in [0.15, 0.2) is 28.7 Å². The monoisotopic (exact) mass is 341 g/mol. The minimum absolute atomic E-state index is 0.0937. The number of anilines is 1. The van der Waals surface area contributed by atoms with Gasteiger partial charge in [0.2, 0.25) is 11.8 Å². The molecule has 1 aromatic rings. The Balaban J connectivity index is 2.24. The Morgan fingerprint density at radius 2 is 1.80 bits per heavy atom. The van der Waals surface area contributed by atoms with Crippen LogP contribution in [0.25, 0.3) is 0 Å². The van der Waals surface area contributed by atoms with Crippen molar-refractivity contribution in [3.63, 3.8) is 0 Å². The average molecular weight is 342 g/mol. The molecule has 5 nitrogen and oxygen atoms in total. The highest BCUT2D eigenvalue weighted by molar-refractivity contribution is 9.10. The second kappa shape index (κ2) is 8.71. The van der Waals surface area contributed by atoms with E-state index in [2.05, 4.69) is 31.9 Å². The summed E-state index contributed by atoms with van der Waals surface area (Å²) < 4.78 is 0.822. The highest BCUT2D eigenvalue weighted by Gasteiger charge is 2.06. The molecule has 0 radical (unpaired) electrons. The number of carbonyl (C=O) groups is 2. The fraction of sp³-hybridized carbons (Fsp3) is 0.429. The molecule has 0 aliphatic rings. The van der Waals surface area contributed by atoms with E-state index >= 15 is 0 Å². The van der Waals surface area contributed by atoms with Crippen molar-refractivity contribution in [1.82, 2.24) is 10.6 Å². The summed E-state index contributed by atoms with van der Waals surface area (Å²) in [5, 5.41) is 8.34. The van der Waals surface area contributed by atoms with E-state index in [0.29, 0.717) is 18.2 Å². The molecular formula is C14H20BrN3O2. The van der Waals surface area contributed by atoms with Crippen molar-refractivity contribution in [3.8, 4) is 0 Å². The molecule has 0 saturated carbocycles. The lowest BCUT2D eigenvalue weighted by molar-refractivity contribution is -0.120. The Morgan fingerprint density at radius 1 is 1.15 bits per heavy atom. The topological polar surface area (TPSA) is 70.2 Å². The van der Waals surface area contributed by atoms with E-state index in [0.717, 1.165) is 4.47 Å². The van der Waals surface area contributed by atoms with Crippen molar-refractivity contribution in [1.29, 1.82) is 0 Å². The molecule has 1 aromatic carbocycles. The van der Waals surface area contributed by atoms with Crippen molar-refractivity contribution in [2.24, 2.45) is 5.92 Å². The van der Waals surface area contributed by atoms with E-state index in [-0.39, 0.29) is 24.9 Å². The largest absolute Gasteiger partial charge is 0.355 e. The smallest absolute Gasteiger partial charge is 0.238 e.